The Morgan fingerprint density at radius 1 is 0.471 bits per heavy atom. The van der Waals surface area contributed by atoms with Gasteiger partial charge in [-0.05, 0) is 74.0 Å². The van der Waals surface area contributed by atoms with Gasteiger partial charge in [0.2, 0.25) is 0 Å². The Labute approximate surface area is 198 Å². The van der Waals surface area contributed by atoms with E-state index in [0.717, 1.165) is 0 Å². The first-order valence-corrected chi connectivity index (χ1v) is 12.0. The predicted molar refractivity (Wildman–Crippen MR) is 146 cm³/mol. The molecule has 7 aromatic rings. The average Bonchev–Trinajstić information content (AvgIpc) is 3.33. The maximum absolute atomic E-state index is 2.52. The molecule has 2 heterocycles. The molecule has 5 aromatic carbocycles. The smallest absolute Gasteiger partial charge is 0.0562 e. The van der Waals surface area contributed by atoms with E-state index in [1.54, 1.807) is 0 Å². The molecule has 0 unspecified atom stereocenters. The van der Waals surface area contributed by atoms with Crippen LogP contribution in [0.3, 0.4) is 0 Å². The van der Waals surface area contributed by atoms with E-state index in [1.807, 2.05) is 0 Å². The number of benzene rings is 5. The van der Waals surface area contributed by atoms with Crippen LogP contribution in [0.4, 0.5) is 0 Å². The van der Waals surface area contributed by atoms with Gasteiger partial charge in [-0.15, -0.1) is 0 Å². The second kappa shape index (κ2) is 6.74. The van der Waals surface area contributed by atoms with Crippen LogP contribution < -0.4 is 0 Å². The Morgan fingerprint density at radius 3 is 1.82 bits per heavy atom. The molecule has 7 rings (SSSR count). The summed E-state index contributed by atoms with van der Waals surface area (Å²) in [5.41, 5.74) is 6.21. The number of aromatic nitrogens is 2. The number of hydrogen-bond acceptors (Lipinski definition) is 0. The van der Waals surface area contributed by atoms with Gasteiger partial charge in [-0.25, -0.2) is 0 Å². The Bertz CT molecular complexity index is 1880. The number of fused-ring (bicyclic) bond motifs is 7. The van der Waals surface area contributed by atoms with Crippen LogP contribution in [0.2, 0.25) is 0 Å². The van der Waals surface area contributed by atoms with Gasteiger partial charge in [0, 0.05) is 32.8 Å². The van der Waals surface area contributed by atoms with Crippen LogP contribution in [0, 0.1) is 0 Å². The average molecular weight is 439 g/mol. The Kier molecular flexibility index (Phi) is 3.85. The zero-order valence-electron chi connectivity index (χ0n) is 19.7. The topological polar surface area (TPSA) is 9.86 Å². The summed E-state index contributed by atoms with van der Waals surface area (Å²) < 4.78 is 4.93. The highest BCUT2D eigenvalue weighted by molar-refractivity contribution is 6.20. The standard InChI is InChI=1S/C32H26N2/c1-32(2,3)34-30-18-22-12-8-7-11-21(22)17-25(30)27-19-26-24-15-9-10-16-28(24)33(29(26)20-31(27)34)23-13-5-4-6-14-23/h4-20H,1-3H3. The van der Waals surface area contributed by atoms with E-state index in [2.05, 4.69) is 133 Å². The molecule has 0 aliphatic rings. The first kappa shape index (κ1) is 19.4. The van der Waals surface area contributed by atoms with Crippen LogP contribution in [-0.4, -0.2) is 9.13 Å². The molecule has 0 aliphatic carbocycles. The normalized spacial score (nSPS) is 12.6. The fourth-order valence-electron chi connectivity index (χ4n) is 5.74. The minimum Gasteiger partial charge on any atom is -0.335 e. The molecule has 34 heavy (non-hydrogen) atoms. The van der Waals surface area contributed by atoms with Crippen LogP contribution in [0.15, 0.2) is 103 Å². The summed E-state index contributed by atoms with van der Waals surface area (Å²) in [6.07, 6.45) is 0. The van der Waals surface area contributed by atoms with E-state index in [1.165, 1.54) is 60.1 Å². The molecule has 0 saturated heterocycles. The molecule has 2 aromatic heterocycles. The van der Waals surface area contributed by atoms with Gasteiger partial charge in [0.15, 0.2) is 0 Å². The lowest BCUT2D eigenvalue weighted by atomic mass is 10.0. The van der Waals surface area contributed by atoms with E-state index in [-0.39, 0.29) is 5.54 Å². The Hall–Kier alpha value is -4.04. The first-order valence-electron chi connectivity index (χ1n) is 12.0. The molecule has 2 heteroatoms. The third-order valence-electron chi connectivity index (χ3n) is 7.11. The lowest BCUT2D eigenvalue weighted by Crippen LogP contribution is -2.21. The molecule has 164 valence electrons. The number of nitrogens with zero attached hydrogens (tertiary/aromatic N) is 2. The van der Waals surface area contributed by atoms with E-state index in [0.29, 0.717) is 0 Å². The van der Waals surface area contributed by atoms with Gasteiger partial charge in [0.25, 0.3) is 0 Å². The van der Waals surface area contributed by atoms with Gasteiger partial charge in [0.1, 0.15) is 0 Å². The minimum atomic E-state index is -0.0558. The number of hydrogen-bond donors (Lipinski definition) is 0. The molecule has 0 N–H and O–H groups in total. The van der Waals surface area contributed by atoms with Crippen molar-refractivity contribution in [1.82, 2.24) is 9.13 Å². The van der Waals surface area contributed by atoms with Crippen molar-refractivity contribution in [3.63, 3.8) is 0 Å². The van der Waals surface area contributed by atoms with Crippen molar-refractivity contribution in [3.8, 4) is 5.69 Å². The molecule has 0 aliphatic heterocycles. The monoisotopic (exact) mass is 438 g/mol. The van der Waals surface area contributed by atoms with E-state index < -0.39 is 0 Å². The minimum absolute atomic E-state index is 0.0558. The molecule has 0 radical (unpaired) electrons. The van der Waals surface area contributed by atoms with Crippen LogP contribution in [0.1, 0.15) is 20.8 Å². The third kappa shape index (κ3) is 2.63. The van der Waals surface area contributed by atoms with Gasteiger partial charge in [-0.2, -0.15) is 0 Å². The van der Waals surface area contributed by atoms with Crippen molar-refractivity contribution in [3.05, 3.63) is 103 Å². The largest absolute Gasteiger partial charge is 0.335 e. The van der Waals surface area contributed by atoms with Crippen LogP contribution >= 0.6 is 0 Å². The van der Waals surface area contributed by atoms with Crippen LogP contribution in [0.5, 0.6) is 0 Å². The third-order valence-corrected chi connectivity index (χ3v) is 7.11. The summed E-state index contributed by atoms with van der Waals surface area (Å²) in [5.74, 6) is 0. The first-order chi connectivity index (χ1) is 16.5. The van der Waals surface area contributed by atoms with E-state index in [4.69, 9.17) is 0 Å². The van der Waals surface area contributed by atoms with Crippen molar-refractivity contribution in [2.24, 2.45) is 0 Å². The zero-order valence-corrected chi connectivity index (χ0v) is 19.7. The number of rotatable bonds is 1. The molecule has 0 bridgehead atoms. The Morgan fingerprint density at radius 2 is 1.06 bits per heavy atom. The number of para-hydroxylation sites is 2. The molecule has 0 spiro atoms. The van der Waals surface area contributed by atoms with Crippen molar-refractivity contribution >= 4 is 54.4 Å². The van der Waals surface area contributed by atoms with Crippen LogP contribution in [0.25, 0.3) is 60.1 Å². The van der Waals surface area contributed by atoms with Crippen LogP contribution in [-0.2, 0) is 5.54 Å². The van der Waals surface area contributed by atoms with Gasteiger partial charge in [0.05, 0.1) is 22.1 Å². The maximum Gasteiger partial charge on any atom is 0.0562 e. The second-order valence-electron chi connectivity index (χ2n) is 10.3. The SMILES string of the molecule is CC(C)(C)n1c2cc3ccccc3cc2c2cc3c4ccccc4n(-c4ccccc4)c3cc21. The molecule has 0 fully saturated rings. The van der Waals surface area contributed by atoms with E-state index in [9.17, 15) is 0 Å². The van der Waals surface area contributed by atoms with Crippen molar-refractivity contribution in [2.45, 2.75) is 26.3 Å². The quantitative estimate of drug-likeness (QED) is 0.242. The molecular formula is C32H26N2. The fraction of sp³-hybridized carbons (Fsp3) is 0.125. The van der Waals surface area contributed by atoms with Gasteiger partial charge < -0.3 is 9.13 Å². The van der Waals surface area contributed by atoms with E-state index >= 15 is 0 Å². The fourth-order valence-corrected chi connectivity index (χ4v) is 5.74. The van der Waals surface area contributed by atoms with Gasteiger partial charge >= 0.3 is 0 Å². The molecular weight excluding hydrogens is 412 g/mol. The van der Waals surface area contributed by atoms with Gasteiger partial charge in [-0.3, -0.25) is 0 Å². The lowest BCUT2D eigenvalue weighted by Gasteiger charge is -2.24. The Balaban J connectivity index is 1.73. The summed E-state index contributed by atoms with van der Waals surface area (Å²) in [6, 6.07) is 37.7. The van der Waals surface area contributed by atoms with Crippen molar-refractivity contribution < 1.29 is 0 Å². The molecule has 0 amide bonds. The second-order valence-corrected chi connectivity index (χ2v) is 10.3. The highest BCUT2D eigenvalue weighted by Crippen LogP contribution is 2.41. The molecule has 2 nitrogen and oxygen atoms in total. The summed E-state index contributed by atoms with van der Waals surface area (Å²) in [5, 5.41) is 7.80. The molecule has 0 atom stereocenters. The lowest BCUT2D eigenvalue weighted by molar-refractivity contribution is 0.423. The molecule has 0 saturated carbocycles. The van der Waals surface area contributed by atoms with Crippen molar-refractivity contribution in [2.75, 3.05) is 0 Å². The predicted octanol–water partition coefficient (Wildman–Crippen LogP) is 8.80. The maximum atomic E-state index is 2.52. The highest BCUT2D eigenvalue weighted by Gasteiger charge is 2.23. The summed E-state index contributed by atoms with van der Waals surface area (Å²) in [6.45, 7) is 6.91. The zero-order chi connectivity index (χ0) is 23.0. The summed E-state index contributed by atoms with van der Waals surface area (Å²) in [7, 11) is 0. The summed E-state index contributed by atoms with van der Waals surface area (Å²) >= 11 is 0. The summed E-state index contributed by atoms with van der Waals surface area (Å²) in [4.78, 5) is 0. The van der Waals surface area contributed by atoms with Crippen molar-refractivity contribution in [1.29, 1.82) is 0 Å². The highest BCUT2D eigenvalue weighted by atomic mass is 15.1. The van der Waals surface area contributed by atoms with Gasteiger partial charge in [-0.1, -0.05) is 60.7 Å².